The van der Waals surface area contributed by atoms with Crippen LogP contribution >= 0.6 is 23.2 Å². The maximum atomic E-state index is 11.9. The van der Waals surface area contributed by atoms with Gasteiger partial charge in [0, 0.05) is 11.1 Å². The molecule has 6 nitrogen and oxygen atoms in total. The normalized spacial score (nSPS) is 10.5. The maximum Gasteiger partial charge on any atom is 0.276 e. The van der Waals surface area contributed by atoms with Crippen molar-refractivity contribution in [1.29, 1.82) is 0 Å². The van der Waals surface area contributed by atoms with Gasteiger partial charge in [-0.3, -0.25) is 20.4 Å². The molecule has 0 unspecified atom stereocenters. The number of rotatable bonds is 7. The first-order valence-corrected chi connectivity index (χ1v) is 9.40. The van der Waals surface area contributed by atoms with E-state index in [0.717, 1.165) is 11.1 Å². The first kappa shape index (κ1) is 21.9. The van der Waals surface area contributed by atoms with Crippen LogP contribution in [0.3, 0.4) is 0 Å². The van der Waals surface area contributed by atoms with Crippen molar-refractivity contribution in [1.82, 2.24) is 10.9 Å². The summed E-state index contributed by atoms with van der Waals surface area (Å²) in [5.74, 6) is 0.136. The van der Waals surface area contributed by atoms with Gasteiger partial charge in [0.25, 0.3) is 11.8 Å². The van der Waals surface area contributed by atoms with E-state index in [9.17, 15) is 9.59 Å². The van der Waals surface area contributed by atoms with Crippen LogP contribution in [0.25, 0.3) is 0 Å². The highest BCUT2D eigenvalue weighted by Crippen LogP contribution is 2.28. The van der Waals surface area contributed by atoms with E-state index in [2.05, 4.69) is 10.9 Å². The van der Waals surface area contributed by atoms with Crippen LogP contribution in [0.1, 0.15) is 30.9 Å². The quantitative estimate of drug-likeness (QED) is 0.657. The average molecular weight is 425 g/mol. The molecule has 0 aromatic heterocycles. The van der Waals surface area contributed by atoms with E-state index in [0.29, 0.717) is 15.8 Å². The smallest absolute Gasteiger partial charge is 0.276 e. The Morgan fingerprint density at radius 3 is 2.14 bits per heavy atom. The Hall–Kier alpha value is -2.44. The van der Waals surface area contributed by atoms with Crippen LogP contribution in [-0.2, 0) is 9.59 Å². The van der Waals surface area contributed by atoms with E-state index >= 15 is 0 Å². The molecule has 2 N–H and O–H groups in total. The zero-order valence-corrected chi connectivity index (χ0v) is 17.4. The lowest BCUT2D eigenvalue weighted by atomic mass is 10.0. The van der Waals surface area contributed by atoms with Crippen molar-refractivity contribution in [3.63, 3.8) is 0 Å². The Bertz CT molecular complexity index is 856. The number of amides is 2. The first-order chi connectivity index (χ1) is 13.3. The van der Waals surface area contributed by atoms with Gasteiger partial charge in [0.05, 0.1) is 5.02 Å². The van der Waals surface area contributed by atoms with Gasteiger partial charge in [-0.05, 0) is 42.2 Å². The summed E-state index contributed by atoms with van der Waals surface area (Å²) in [5.41, 5.74) is 6.57. The van der Waals surface area contributed by atoms with Gasteiger partial charge in [0.2, 0.25) is 0 Å². The highest BCUT2D eigenvalue weighted by atomic mass is 35.5. The molecule has 0 atom stereocenters. The van der Waals surface area contributed by atoms with Crippen molar-refractivity contribution in [3.05, 3.63) is 57.6 Å². The number of carbonyl (C=O) groups excluding carboxylic acids is 2. The van der Waals surface area contributed by atoms with E-state index in [-0.39, 0.29) is 24.9 Å². The van der Waals surface area contributed by atoms with Gasteiger partial charge < -0.3 is 9.47 Å². The fraction of sp³-hybridized carbons (Fsp3) is 0.300. The molecule has 0 fully saturated rings. The van der Waals surface area contributed by atoms with E-state index in [4.69, 9.17) is 32.7 Å². The van der Waals surface area contributed by atoms with Gasteiger partial charge in [-0.1, -0.05) is 49.2 Å². The molecule has 0 spiro atoms. The number of halogens is 2. The van der Waals surface area contributed by atoms with Gasteiger partial charge in [-0.2, -0.15) is 0 Å². The van der Waals surface area contributed by atoms with Gasteiger partial charge >= 0.3 is 0 Å². The minimum absolute atomic E-state index is 0.232. The van der Waals surface area contributed by atoms with Crippen molar-refractivity contribution >= 4 is 35.0 Å². The molecule has 8 heteroatoms. The number of nitrogens with one attached hydrogen (secondary N) is 2. The number of carbonyl (C=O) groups is 2. The number of hydrogen-bond acceptors (Lipinski definition) is 4. The van der Waals surface area contributed by atoms with E-state index in [1.807, 2.05) is 39.0 Å². The molecule has 28 heavy (non-hydrogen) atoms. The number of benzene rings is 2. The van der Waals surface area contributed by atoms with Gasteiger partial charge in [0.15, 0.2) is 13.2 Å². The predicted octanol–water partition coefficient (Wildman–Crippen LogP) is 4.03. The molecule has 0 bridgehead atoms. The van der Waals surface area contributed by atoms with Crippen LogP contribution in [0.5, 0.6) is 11.5 Å². The molecule has 2 aromatic carbocycles. The minimum atomic E-state index is -0.553. The van der Waals surface area contributed by atoms with E-state index in [1.165, 1.54) is 6.07 Å². The number of hydrogen-bond donors (Lipinski definition) is 2. The fourth-order valence-electron chi connectivity index (χ4n) is 2.33. The molecule has 2 rings (SSSR count). The molecule has 2 amide bonds. The van der Waals surface area contributed by atoms with Crippen LogP contribution in [0.2, 0.25) is 10.0 Å². The Kier molecular flexibility index (Phi) is 7.96. The van der Waals surface area contributed by atoms with Crippen molar-refractivity contribution in [2.75, 3.05) is 13.2 Å². The second-order valence-corrected chi connectivity index (χ2v) is 7.29. The highest BCUT2D eigenvalue weighted by molar-refractivity contribution is 6.34. The summed E-state index contributed by atoms with van der Waals surface area (Å²) in [6.07, 6.45) is 0. The third kappa shape index (κ3) is 6.62. The Balaban J connectivity index is 1.79. The second-order valence-electron chi connectivity index (χ2n) is 6.44. The molecule has 150 valence electrons. The summed E-state index contributed by atoms with van der Waals surface area (Å²) < 4.78 is 10.9. The lowest BCUT2D eigenvalue weighted by molar-refractivity contribution is -0.131. The summed E-state index contributed by atoms with van der Waals surface area (Å²) >= 11 is 11.8. The van der Waals surface area contributed by atoms with Gasteiger partial charge in [-0.15, -0.1) is 0 Å². The SMILES string of the molecule is Cc1ccc(C(C)C)c(OCC(=O)NNC(=O)COc2cc(Cl)ccc2Cl)c1. The third-order valence-electron chi connectivity index (χ3n) is 3.74. The van der Waals surface area contributed by atoms with E-state index < -0.39 is 11.8 Å². The Morgan fingerprint density at radius 1 is 0.929 bits per heavy atom. The molecule has 0 heterocycles. The average Bonchev–Trinajstić information content (AvgIpc) is 2.65. The van der Waals surface area contributed by atoms with Gasteiger partial charge in [0.1, 0.15) is 11.5 Å². The van der Waals surface area contributed by atoms with Crippen LogP contribution in [0.4, 0.5) is 0 Å². The summed E-state index contributed by atoms with van der Waals surface area (Å²) in [4.78, 5) is 23.7. The standard InChI is InChI=1S/C20H22Cl2N2O4/c1-12(2)15-6-4-13(3)8-17(15)27-10-19(25)23-24-20(26)11-28-18-9-14(21)5-7-16(18)22/h4-9,12H,10-11H2,1-3H3,(H,23,25)(H,24,26). The topological polar surface area (TPSA) is 76.7 Å². The summed E-state index contributed by atoms with van der Waals surface area (Å²) in [6, 6.07) is 10.5. The maximum absolute atomic E-state index is 11.9. The molecular weight excluding hydrogens is 403 g/mol. The van der Waals surface area contributed by atoms with Crippen LogP contribution < -0.4 is 20.3 Å². The molecule has 0 saturated heterocycles. The third-order valence-corrected chi connectivity index (χ3v) is 4.29. The Morgan fingerprint density at radius 2 is 1.54 bits per heavy atom. The zero-order chi connectivity index (χ0) is 20.7. The van der Waals surface area contributed by atoms with Gasteiger partial charge in [-0.25, -0.2) is 0 Å². The first-order valence-electron chi connectivity index (χ1n) is 8.65. The molecule has 0 aliphatic heterocycles. The molecule has 0 radical (unpaired) electrons. The predicted molar refractivity (Wildman–Crippen MR) is 109 cm³/mol. The number of ether oxygens (including phenoxy) is 2. The van der Waals surface area contributed by atoms with Crippen LogP contribution in [0.15, 0.2) is 36.4 Å². The van der Waals surface area contributed by atoms with Crippen molar-refractivity contribution in [2.24, 2.45) is 0 Å². The van der Waals surface area contributed by atoms with Crippen molar-refractivity contribution in [3.8, 4) is 11.5 Å². The summed E-state index contributed by atoms with van der Waals surface area (Å²) in [5, 5.41) is 0.760. The molecule has 2 aromatic rings. The molecular formula is C20H22Cl2N2O4. The minimum Gasteiger partial charge on any atom is -0.483 e. The molecule has 0 aliphatic carbocycles. The fourth-order valence-corrected chi connectivity index (χ4v) is 2.66. The van der Waals surface area contributed by atoms with Crippen molar-refractivity contribution < 1.29 is 19.1 Å². The summed E-state index contributed by atoms with van der Waals surface area (Å²) in [6.45, 7) is 5.47. The Labute approximate surface area is 174 Å². The molecule has 0 aliphatic rings. The lowest BCUT2D eigenvalue weighted by Gasteiger charge is -2.15. The molecule has 0 saturated carbocycles. The zero-order valence-electron chi connectivity index (χ0n) is 15.8. The number of hydrazine groups is 1. The van der Waals surface area contributed by atoms with E-state index in [1.54, 1.807) is 12.1 Å². The van der Waals surface area contributed by atoms with Crippen LogP contribution in [-0.4, -0.2) is 25.0 Å². The lowest BCUT2D eigenvalue weighted by Crippen LogP contribution is -2.45. The number of aryl methyl sites for hydroxylation is 1. The second kappa shape index (κ2) is 10.2. The summed E-state index contributed by atoms with van der Waals surface area (Å²) in [7, 11) is 0. The highest BCUT2D eigenvalue weighted by Gasteiger charge is 2.12. The monoisotopic (exact) mass is 424 g/mol. The largest absolute Gasteiger partial charge is 0.483 e. The van der Waals surface area contributed by atoms with Crippen molar-refractivity contribution in [2.45, 2.75) is 26.7 Å². The van der Waals surface area contributed by atoms with Crippen LogP contribution in [0, 0.1) is 6.92 Å².